The van der Waals surface area contributed by atoms with E-state index in [1.54, 1.807) is 52.0 Å². The van der Waals surface area contributed by atoms with Crippen molar-refractivity contribution in [3.63, 3.8) is 0 Å². The molecule has 0 aliphatic rings. The molecule has 0 amide bonds. The SMILES string of the molecule is CCOC(=O)CN(Sc1ccc(F)c(C)c1)c1ccc(N(CC(=O)OCC)Sc2ccc(F)c(C)c2)c2ccccc12. The Balaban J connectivity index is 1.79. The summed E-state index contributed by atoms with van der Waals surface area (Å²) in [4.78, 5) is 26.8. The summed E-state index contributed by atoms with van der Waals surface area (Å²) in [7, 11) is 0. The number of benzene rings is 4. The van der Waals surface area contributed by atoms with Gasteiger partial charge in [-0.2, -0.15) is 0 Å². The molecule has 6 nitrogen and oxygen atoms in total. The molecular weight excluding hydrogens is 578 g/mol. The second-order valence-corrected chi connectivity index (χ2v) is 11.5. The average Bonchev–Trinajstić information content (AvgIpc) is 2.96. The van der Waals surface area contributed by atoms with E-state index in [2.05, 4.69) is 0 Å². The highest BCUT2D eigenvalue weighted by Crippen LogP contribution is 2.41. The lowest BCUT2D eigenvalue weighted by atomic mass is 10.1. The molecule has 220 valence electrons. The maximum absolute atomic E-state index is 14.0. The van der Waals surface area contributed by atoms with Crippen molar-refractivity contribution in [2.24, 2.45) is 0 Å². The summed E-state index contributed by atoms with van der Waals surface area (Å²) in [6.45, 7) is 7.28. The minimum atomic E-state index is -0.400. The summed E-state index contributed by atoms with van der Waals surface area (Å²) < 4.78 is 42.1. The Labute approximate surface area is 253 Å². The summed E-state index contributed by atoms with van der Waals surface area (Å²) >= 11 is 2.62. The van der Waals surface area contributed by atoms with Crippen LogP contribution < -0.4 is 8.61 Å². The number of halogens is 2. The van der Waals surface area contributed by atoms with Crippen LogP contribution in [0.3, 0.4) is 0 Å². The molecular formula is C32H32F2N2O4S2. The van der Waals surface area contributed by atoms with E-state index in [4.69, 9.17) is 9.47 Å². The van der Waals surface area contributed by atoms with Crippen LogP contribution in [0.15, 0.2) is 82.6 Å². The molecule has 0 aromatic heterocycles. The third-order valence-electron chi connectivity index (χ3n) is 6.26. The summed E-state index contributed by atoms with van der Waals surface area (Å²) in [5, 5.41) is 1.66. The number of fused-ring (bicyclic) bond motifs is 1. The molecule has 4 rings (SSSR count). The summed E-state index contributed by atoms with van der Waals surface area (Å²) in [6, 6.07) is 21.1. The second kappa shape index (κ2) is 14.4. The standard InChI is InChI=1S/C32H32F2N2O4S2/c1-5-39-31(37)19-35(41-23-11-13-27(33)21(3)17-23)29-15-16-30(26-10-8-7-9-25(26)29)36(20-32(38)40-6-2)42-24-12-14-28(34)22(4)18-24/h7-18H,5-6,19-20H2,1-4H3. The van der Waals surface area contributed by atoms with Gasteiger partial charge >= 0.3 is 11.9 Å². The van der Waals surface area contributed by atoms with Crippen molar-refractivity contribution in [2.75, 3.05) is 34.9 Å². The zero-order chi connectivity index (χ0) is 30.2. The number of anilines is 2. The third kappa shape index (κ3) is 7.74. The minimum absolute atomic E-state index is 0.0472. The highest BCUT2D eigenvalue weighted by Gasteiger charge is 2.22. The average molecular weight is 611 g/mol. The molecule has 0 bridgehead atoms. The van der Waals surface area contributed by atoms with E-state index in [1.165, 1.54) is 36.0 Å². The molecule has 0 aliphatic carbocycles. The van der Waals surface area contributed by atoms with Crippen LogP contribution in [0.25, 0.3) is 10.8 Å². The van der Waals surface area contributed by atoms with Gasteiger partial charge in [-0.05, 0) is 111 Å². The molecule has 0 heterocycles. The Morgan fingerprint density at radius 3 is 1.43 bits per heavy atom. The predicted octanol–water partition coefficient (Wildman–Crippen LogP) is 7.89. The van der Waals surface area contributed by atoms with Gasteiger partial charge in [0.15, 0.2) is 0 Å². The largest absolute Gasteiger partial charge is 0.465 e. The molecule has 0 saturated heterocycles. The fraction of sp³-hybridized carbons (Fsp3) is 0.250. The molecule has 4 aromatic carbocycles. The molecule has 0 N–H and O–H groups in total. The topological polar surface area (TPSA) is 59.1 Å². The molecule has 0 radical (unpaired) electrons. The van der Waals surface area contributed by atoms with E-state index in [-0.39, 0.29) is 37.9 Å². The zero-order valence-electron chi connectivity index (χ0n) is 23.9. The van der Waals surface area contributed by atoms with Gasteiger partial charge in [0.25, 0.3) is 0 Å². The lowest BCUT2D eigenvalue weighted by molar-refractivity contribution is -0.142. The van der Waals surface area contributed by atoms with Crippen LogP contribution >= 0.6 is 23.9 Å². The third-order valence-corrected chi connectivity index (χ3v) is 8.28. The van der Waals surface area contributed by atoms with E-state index in [0.717, 1.165) is 31.9 Å². The van der Waals surface area contributed by atoms with Crippen LogP contribution in [0.4, 0.5) is 20.2 Å². The minimum Gasteiger partial charge on any atom is -0.465 e. The second-order valence-electron chi connectivity index (χ2n) is 9.34. The fourth-order valence-electron chi connectivity index (χ4n) is 4.29. The highest BCUT2D eigenvalue weighted by atomic mass is 32.2. The van der Waals surface area contributed by atoms with Crippen molar-refractivity contribution in [1.29, 1.82) is 0 Å². The van der Waals surface area contributed by atoms with E-state index < -0.39 is 11.9 Å². The van der Waals surface area contributed by atoms with Crippen molar-refractivity contribution in [1.82, 2.24) is 0 Å². The number of nitrogens with zero attached hydrogens (tertiary/aromatic N) is 2. The Hall–Kier alpha value is -3.76. The number of ether oxygens (including phenoxy) is 2. The highest BCUT2D eigenvalue weighted by molar-refractivity contribution is 8.01. The fourth-order valence-corrected chi connectivity index (χ4v) is 6.37. The molecule has 0 saturated carbocycles. The van der Waals surface area contributed by atoms with Gasteiger partial charge in [-0.15, -0.1) is 0 Å². The Morgan fingerprint density at radius 1 is 0.667 bits per heavy atom. The molecule has 4 aromatic rings. The number of rotatable bonds is 12. The first kappa shape index (κ1) is 31.2. The normalized spacial score (nSPS) is 10.9. The maximum Gasteiger partial charge on any atom is 0.326 e. The quantitative estimate of drug-likeness (QED) is 0.119. The molecule has 0 atom stereocenters. The van der Waals surface area contributed by atoms with Crippen molar-refractivity contribution < 1.29 is 27.8 Å². The predicted molar refractivity (Wildman–Crippen MR) is 166 cm³/mol. The van der Waals surface area contributed by atoms with Crippen molar-refractivity contribution in [2.45, 2.75) is 37.5 Å². The van der Waals surface area contributed by atoms with Crippen molar-refractivity contribution >= 4 is 58.0 Å². The number of esters is 2. The van der Waals surface area contributed by atoms with Gasteiger partial charge < -0.3 is 18.1 Å². The number of carbonyl (C=O) groups excluding carboxylic acids is 2. The van der Waals surface area contributed by atoms with E-state index in [0.29, 0.717) is 11.1 Å². The lowest BCUT2D eigenvalue weighted by Gasteiger charge is -2.28. The van der Waals surface area contributed by atoms with Gasteiger partial charge in [-0.25, -0.2) is 8.78 Å². The number of carbonyl (C=O) groups is 2. The monoisotopic (exact) mass is 610 g/mol. The van der Waals surface area contributed by atoms with Gasteiger partial charge in [0.05, 0.1) is 24.6 Å². The van der Waals surface area contributed by atoms with E-state index in [1.807, 2.05) is 45.0 Å². The van der Waals surface area contributed by atoms with Gasteiger partial charge in [-0.3, -0.25) is 9.59 Å². The molecule has 42 heavy (non-hydrogen) atoms. The Bertz CT molecular complexity index is 1470. The molecule has 0 fully saturated rings. The lowest BCUT2D eigenvalue weighted by Crippen LogP contribution is -2.27. The summed E-state index contributed by atoms with van der Waals surface area (Å²) in [6.07, 6.45) is 0. The van der Waals surface area contributed by atoms with E-state index >= 15 is 0 Å². The Morgan fingerprint density at radius 2 is 1.07 bits per heavy atom. The van der Waals surface area contributed by atoms with Crippen LogP contribution in [0, 0.1) is 25.5 Å². The number of hydrogen-bond acceptors (Lipinski definition) is 8. The van der Waals surface area contributed by atoms with Gasteiger partial charge in [0.2, 0.25) is 0 Å². The molecule has 0 unspecified atom stereocenters. The van der Waals surface area contributed by atoms with Crippen molar-refractivity contribution in [3.05, 3.63) is 95.6 Å². The van der Waals surface area contributed by atoms with Gasteiger partial charge in [0.1, 0.15) is 24.7 Å². The van der Waals surface area contributed by atoms with Crippen LogP contribution in [-0.4, -0.2) is 38.2 Å². The molecule has 10 heteroatoms. The molecule has 0 aliphatic heterocycles. The molecule has 0 spiro atoms. The zero-order valence-corrected chi connectivity index (χ0v) is 25.5. The van der Waals surface area contributed by atoms with Gasteiger partial charge in [0, 0.05) is 20.6 Å². The van der Waals surface area contributed by atoms with Crippen LogP contribution in [0.5, 0.6) is 0 Å². The van der Waals surface area contributed by atoms with Gasteiger partial charge in [-0.1, -0.05) is 24.3 Å². The summed E-state index contributed by atoms with van der Waals surface area (Å²) in [5.74, 6) is -1.41. The van der Waals surface area contributed by atoms with Crippen LogP contribution in [0.2, 0.25) is 0 Å². The first-order valence-electron chi connectivity index (χ1n) is 13.5. The smallest absolute Gasteiger partial charge is 0.326 e. The van der Waals surface area contributed by atoms with Crippen LogP contribution in [0.1, 0.15) is 25.0 Å². The van der Waals surface area contributed by atoms with E-state index in [9.17, 15) is 18.4 Å². The van der Waals surface area contributed by atoms with Crippen LogP contribution in [-0.2, 0) is 19.1 Å². The maximum atomic E-state index is 14.0. The Kier molecular flexibility index (Phi) is 10.7. The number of hydrogen-bond donors (Lipinski definition) is 0. The first-order chi connectivity index (χ1) is 20.2. The van der Waals surface area contributed by atoms with Crippen molar-refractivity contribution in [3.8, 4) is 0 Å². The first-order valence-corrected chi connectivity index (χ1v) is 15.0. The number of aryl methyl sites for hydroxylation is 2. The summed E-state index contributed by atoms with van der Waals surface area (Å²) in [5.41, 5.74) is 2.49.